The fourth-order valence-corrected chi connectivity index (χ4v) is 2.22. The smallest absolute Gasteiger partial charge is 0.227 e. The minimum absolute atomic E-state index is 0.0668. The number of methoxy groups -OCH3 is 1. The molecule has 0 aromatic heterocycles. The van der Waals surface area contributed by atoms with Crippen LogP contribution in [0.3, 0.4) is 0 Å². The van der Waals surface area contributed by atoms with Gasteiger partial charge >= 0.3 is 0 Å². The highest BCUT2D eigenvalue weighted by atomic mass is 35.5. The molecule has 0 fully saturated rings. The molecule has 0 saturated heterocycles. The number of halogens is 1. The maximum atomic E-state index is 12.1. The molecule has 0 saturated carbocycles. The molecule has 0 aliphatic rings. The van der Waals surface area contributed by atoms with E-state index in [1.165, 1.54) is 0 Å². The monoisotopic (exact) mass is 283 g/mol. The third-order valence-electron chi connectivity index (χ3n) is 3.19. The van der Waals surface area contributed by atoms with Gasteiger partial charge in [0, 0.05) is 11.6 Å². The molecule has 1 unspecified atom stereocenters. The van der Waals surface area contributed by atoms with Gasteiger partial charge in [-0.3, -0.25) is 4.79 Å². The number of nitrogens with one attached hydrogen (secondary N) is 1. The topological polar surface area (TPSA) is 38.3 Å². The van der Waals surface area contributed by atoms with Crippen LogP contribution in [0.25, 0.3) is 0 Å². The lowest BCUT2D eigenvalue weighted by Crippen LogP contribution is -2.22. The fourth-order valence-electron chi connectivity index (χ4n) is 1.96. The number of carbonyl (C=O) groups excluding carboxylic acids is 1. The van der Waals surface area contributed by atoms with Gasteiger partial charge in [-0.1, -0.05) is 38.3 Å². The molecule has 106 valence electrons. The van der Waals surface area contributed by atoms with Crippen molar-refractivity contribution in [1.29, 1.82) is 0 Å². The van der Waals surface area contributed by atoms with Crippen molar-refractivity contribution >= 4 is 23.2 Å². The van der Waals surface area contributed by atoms with Crippen LogP contribution >= 0.6 is 11.6 Å². The Hall–Kier alpha value is -1.22. The first-order valence-electron chi connectivity index (χ1n) is 6.76. The van der Waals surface area contributed by atoms with Crippen LogP contribution in [0.2, 0.25) is 5.02 Å². The Morgan fingerprint density at radius 2 is 2.16 bits per heavy atom. The van der Waals surface area contributed by atoms with Gasteiger partial charge in [0.1, 0.15) is 5.75 Å². The minimum Gasteiger partial charge on any atom is -0.495 e. The van der Waals surface area contributed by atoms with Gasteiger partial charge in [-0.25, -0.2) is 0 Å². The molecule has 0 aliphatic heterocycles. The number of ether oxygens (including phenoxy) is 1. The summed E-state index contributed by atoms with van der Waals surface area (Å²) in [5.41, 5.74) is 0.714. The first-order chi connectivity index (χ1) is 9.12. The van der Waals surface area contributed by atoms with Crippen molar-refractivity contribution in [2.24, 2.45) is 5.92 Å². The predicted octanol–water partition coefficient (Wildman–Crippen LogP) is 4.50. The molecule has 0 heterocycles. The van der Waals surface area contributed by atoms with E-state index in [0.717, 1.165) is 25.7 Å². The van der Waals surface area contributed by atoms with E-state index in [0.29, 0.717) is 16.5 Å². The van der Waals surface area contributed by atoms with E-state index in [1.54, 1.807) is 25.3 Å². The number of unbranched alkanes of at least 4 members (excludes halogenated alkanes) is 1. The maximum Gasteiger partial charge on any atom is 0.227 e. The van der Waals surface area contributed by atoms with Crippen molar-refractivity contribution in [3.8, 4) is 5.75 Å². The third kappa shape index (κ3) is 4.75. The van der Waals surface area contributed by atoms with Crippen molar-refractivity contribution in [3.63, 3.8) is 0 Å². The number of rotatable bonds is 7. The largest absolute Gasteiger partial charge is 0.495 e. The number of benzene rings is 1. The van der Waals surface area contributed by atoms with Gasteiger partial charge in [0.25, 0.3) is 0 Å². The molecule has 0 bridgehead atoms. The zero-order chi connectivity index (χ0) is 14.3. The van der Waals surface area contributed by atoms with Crippen molar-refractivity contribution < 1.29 is 9.53 Å². The standard InChI is InChI=1S/C15H22ClNO2/c1-4-6-7-11(5-2)15(18)17-12-8-9-14(19-3)13(16)10-12/h8-11H,4-7H2,1-3H3,(H,17,18). The van der Waals surface area contributed by atoms with Crippen molar-refractivity contribution in [2.75, 3.05) is 12.4 Å². The Balaban J connectivity index is 2.67. The maximum absolute atomic E-state index is 12.1. The van der Waals surface area contributed by atoms with E-state index in [2.05, 4.69) is 12.2 Å². The highest BCUT2D eigenvalue weighted by molar-refractivity contribution is 6.32. The summed E-state index contributed by atoms with van der Waals surface area (Å²) in [6, 6.07) is 5.27. The second-order valence-electron chi connectivity index (χ2n) is 4.59. The molecule has 1 aromatic carbocycles. The minimum atomic E-state index is 0.0668. The van der Waals surface area contributed by atoms with Crippen LogP contribution in [0, 0.1) is 5.92 Å². The van der Waals surface area contributed by atoms with Crippen LogP contribution in [0.5, 0.6) is 5.75 Å². The number of hydrogen-bond acceptors (Lipinski definition) is 2. The number of carbonyl (C=O) groups is 1. The van der Waals surface area contributed by atoms with Crippen molar-refractivity contribution in [3.05, 3.63) is 23.2 Å². The molecule has 1 rings (SSSR count). The van der Waals surface area contributed by atoms with Gasteiger partial charge in [0.2, 0.25) is 5.91 Å². The van der Waals surface area contributed by atoms with Crippen LogP contribution < -0.4 is 10.1 Å². The Morgan fingerprint density at radius 1 is 1.42 bits per heavy atom. The molecule has 0 radical (unpaired) electrons. The normalized spacial score (nSPS) is 12.0. The molecular formula is C15H22ClNO2. The van der Waals surface area contributed by atoms with Crippen molar-refractivity contribution in [1.82, 2.24) is 0 Å². The lowest BCUT2D eigenvalue weighted by atomic mass is 9.98. The number of hydrogen-bond donors (Lipinski definition) is 1. The van der Waals surface area contributed by atoms with E-state index in [4.69, 9.17) is 16.3 Å². The average Bonchev–Trinajstić information content (AvgIpc) is 2.40. The molecule has 1 N–H and O–H groups in total. The summed E-state index contributed by atoms with van der Waals surface area (Å²) in [4.78, 5) is 12.1. The van der Waals surface area contributed by atoms with E-state index < -0.39 is 0 Å². The Kier molecular flexibility index (Phi) is 6.71. The number of amides is 1. The average molecular weight is 284 g/mol. The van der Waals surface area contributed by atoms with Gasteiger partial charge in [-0.2, -0.15) is 0 Å². The molecule has 3 nitrogen and oxygen atoms in total. The SMILES string of the molecule is CCCCC(CC)C(=O)Nc1ccc(OC)c(Cl)c1. The third-order valence-corrected chi connectivity index (χ3v) is 3.48. The molecule has 0 spiro atoms. The van der Waals surface area contributed by atoms with Crippen LogP contribution in [0.4, 0.5) is 5.69 Å². The van der Waals surface area contributed by atoms with Gasteiger partial charge in [0.15, 0.2) is 0 Å². The molecule has 4 heteroatoms. The Labute approximate surface area is 120 Å². The van der Waals surface area contributed by atoms with Crippen LogP contribution in [-0.4, -0.2) is 13.0 Å². The molecule has 19 heavy (non-hydrogen) atoms. The van der Waals surface area contributed by atoms with Gasteiger partial charge in [-0.05, 0) is 31.0 Å². The van der Waals surface area contributed by atoms with Gasteiger partial charge in [-0.15, -0.1) is 0 Å². The van der Waals surface area contributed by atoms with Gasteiger partial charge in [0.05, 0.1) is 12.1 Å². The lowest BCUT2D eigenvalue weighted by Gasteiger charge is -2.15. The summed E-state index contributed by atoms with van der Waals surface area (Å²) in [5.74, 6) is 0.746. The summed E-state index contributed by atoms with van der Waals surface area (Å²) < 4.78 is 5.08. The Morgan fingerprint density at radius 3 is 2.68 bits per heavy atom. The molecule has 1 aromatic rings. The van der Waals surface area contributed by atoms with E-state index in [-0.39, 0.29) is 11.8 Å². The lowest BCUT2D eigenvalue weighted by molar-refractivity contribution is -0.120. The van der Waals surface area contributed by atoms with E-state index in [1.807, 2.05) is 6.92 Å². The summed E-state index contributed by atoms with van der Waals surface area (Å²) in [6.45, 7) is 4.18. The Bertz CT molecular complexity index is 421. The van der Waals surface area contributed by atoms with Gasteiger partial charge < -0.3 is 10.1 Å². The van der Waals surface area contributed by atoms with Crippen molar-refractivity contribution in [2.45, 2.75) is 39.5 Å². The summed E-state index contributed by atoms with van der Waals surface area (Å²) >= 11 is 6.03. The second kappa shape index (κ2) is 8.05. The first-order valence-corrected chi connectivity index (χ1v) is 7.14. The predicted molar refractivity (Wildman–Crippen MR) is 79.9 cm³/mol. The first kappa shape index (κ1) is 15.8. The van der Waals surface area contributed by atoms with Crippen LogP contribution in [0.15, 0.2) is 18.2 Å². The second-order valence-corrected chi connectivity index (χ2v) is 4.99. The molecule has 1 amide bonds. The zero-order valence-corrected chi connectivity index (χ0v) is 12.6. The number of anilines is 1. The highest BCUT2D eigenvalue weighted by Crippen LogP contribution is 2.27. The van der Waals surface area contributed by atoms with Crippen LogP contribution in [-0.2, 0) is 4.79 Å². The zero-order valence-electron chi connectivity index (χ0n) is 11.8. The summed E-state index contributed by atoms with van der Waals surface area (Å²) in [7, 11) is 1.57. The fraction of sp³-hybridized carbons (Fsp3) is 0.533. The summed E-state index contributed by atoms with van der Waals surface area (Å²) in [6.07, 6.45) is 3.98. The highest BCUT2D eigenvalue weighted by Gasteiger charge is 2.16. The molecule has 1 atom stereocenters. The molecular weight excluding hydrogens is 262 g/mol. The van der Waals surface area contributed by atoms with E-state index in [9.17, 15) is 4.79 Å². The molecule has 0 aliphatic carbocycles. The summed E-state index contributed by atoms with van der Waals surface area (Å²) in [5, 5.41) is 3.42. The van der Waals surface area contributed by atoms with E-state index >= 15 is 0 Å². The quantitative estimate of drug-likeness (QED) is 0.800. The van der Waals surface area contributed by atoms with Crippen LogP contribution in [0.1, 0.15) is 39.5 Å².